The van der Waals surface area contributed by atoms with Crippen molar-refractivity contribution in [1.29, 1.82) is 0 Å². The summed E-state index contributed by atoms with van der Waals surface area (Å²) in [5, 5.41) is 0. The fourth-order valence-corrected chi connectivity index (χ4v) is 1.93. The van der Waals surface area contributed by atoms with Crippen LogP contribution in [-0.4, -0.2) is 0 Å². The molecular formula is C12H10IN. The average Bonchev–Trinajstić information content (AvgIpc) is 2.18. The number of halogens is 1. The van der Waals surface area contributed by atoms with Crippen LogP contribution in [0.15, 0.2) is 48.5 Å². The van der Waals surface area contributed by atoms with Crippen molar-refractivity contribution in [3.63, 3.8) is 0 Å². The molecule has 2 aromatic rings. The highest BCUT2D eigenvalue weighted by molar-refractivity contribution is 14.1. The first-order chi connectivity index (χ1) is 6.75. The van der Waals surface area contributed by atoms with E-state index in [2.05, 4.69) is 52.9 Å². The van der Waals surface area contributed by atoms with E-state index in [1.54, 1.807) is 0 Å². The molecule has 0 aliphatic rings. The van der Waals surface area contributed by atoms with E-state index in [0.29, 0.717) is 0 Å². The van der Waals surface area contributed by atoms with Crippen LogP contribution in [0.3, 0.4) is 0 Å². The maximum Gasteiger partial charge on any atom is 0.0320 e. The summed E-state index contributed by atoms with van der Waals surface area (Å²) in [4.78, 5) is 0. The highest BCUT2D eigenvalue weighted by Gasteiger charge is 1.97. The van der Waals surface area contributed by atoms with Crippen molar-refractivity contribution >= 4 is 28.3 Å². The van der Waals surface area contributed by atoms with Gasteiger partial charge >= 0.3 is 0 Å². The van der Waals surface area contributed by atoms with E-state index in [-0.39, 0.29) is 0 Å². The number of benzene rings is 2. The molecular weight excluding hydrogens is 285 g/mol. The van der Waals surface area contributed by atoms with E-state index in [4.69, 9.17) is 5.73 Å². The van der Waals surface area contributed by atoms with Gasteiger partial charge in [-0.1, -0.05) is 24.3 Å². The van der Waals surface area contributed by atoms with E-state index in [0.717, 1.165) is 5.69 Å². The molecule has 14 heavy (non-hydrogen) atoms. The van der Waals surface area contributed by atoms with Crippen molar-refractivity contribution in [3.05, 3.63) is 52.1 Å². The van der Waals surface area contributed by atoms with Gasteiger partial charge in [-0.05, 0) is 58.0 Å². The van der Waals surface area contributed by atoms with E-state index >= 15 is 0 Å². The highest BCUT2D eigenvalue weighted by atomic mass is 127. The molecule has 2 N–H and O–H groups in total. The molecule has 2 heteroatoms. The summed E-state index contributed by atoms with van der Waals surface area (Å²) < 4.78 is 1.24. The fourth-order valence-electron chi connectivity index (χ4n) is 1.39. The van der Waals surface area contributed by atoms with E-state index in [1.807, 2.05) is 18.2 Å². The van der Waals surface area contributed by atoms with Crippen LogP contribution in [0.2, 0.25) is 0 Å². The topological polar surface area (TPSA) is 26.0 Å². The first kappa shape index (κ1) is 9.52. The Balaban J connectivity index is 2.49. The summed E-state index contributed by atoms with van der Waals surface area (Å²) in [7, 11) is 0. The maximum atomic E-state index is 5.73. The molecule has 0 heterocycles. The molecule has 0 amide bonds. The summed E-state index contributed by atoms with van der Waals surface area (Å²) in [6.07, 6.45) is 0. The minimum atomic E-state index is 0.807. The Morgan fingerprint density at radius 3 is 2.14 bits per heavy atom. The van der Waals surface area contributed by atoms with Gasteiger partial charge in [-0.15, -0.1) is 0 Å². The van der Waals surface area contributed by atoms with Gasteiger partial charge in [-0.3, -0.25) is 0 Å². The summed E-state index contributed by atoms with van der Waals surface area (Å²) in [5.74, 6) is 0. The smallest absolute Gasteiger partial charge is 0.0320 e. The molecule has 0 radical (unpaired) electrons. The zero-order valence-corrected chi connectivity index (χ0v) is 9.73. The van der Waals surface area contributed by atoms with Gasteiger partial charge in [-0.2, -0.15) is 0 Å². The number of hydrogen-bond acceptors (Lipinski definition) is 1. The van der Waals surface area contributed by atoms with Crippen LogP contribution in [0, 0.1) is 3.57 Å². The Morgan fingerprint density at radius 2 is 1.50 bits per heavy atom. The lowest BCUT2D eigenvalue weighted by atomic mass is 10.1. The standard InChI is InChI=1S/C12H10IN/c13-11-5-1-3-9(7-11)10-4-2-6-12(14)8-10/h1-8H,14H2. The Morgan fingerprint density at radius 1 is 0.857 bits per heavy atom. The maximum absolute atomic E-state index is 5.73. The van der Waals surface area contributed by atoms with Crippen LogP contribution >= 0.6 is 22.6 Å². The molecule has 0 saturated carbocycles. The highest BCUT2D eigenvalue weighted by Crippen LogP contribution is 2.22. The molecule has 0 unspecified atom stereocenters. The second-order valence-electron chi connectivity index (χ2n) is 3.14. The van der Waals surface area contributed by atoms with Crippen molar-refractivity contribution in [2.45, 2.75) is 0 Å². The average molecular weight is 295 g/mol. The zero-order chi connectivity index (χ0) is 9.97. The van der Waals surface area contributed by atoms with E-state index < -0.39 is 0 Å². The van der Waals surface area contributed by atoms with Crippen LogP contribution in [0.4, 0.5) is 5.69 Å². The molecule has 0 aromatic heterocycles. The molecule has 1 nitrogen and oxygen atoms in total. The van der Waals surface area contributed by atoms with Crippen LogP contribution < -0.4 is 5.73 Å². The van der Waals surface area contributed by atoms with Gasteiger partial charge in [0.05, 0.1) is 0 Å². The first-order valence-corrected chi connectivity index (χ1v) is 5.45. The molecule has 0 aliphatic heterocycles. The fraction of sp³-hybridized carbons (Fsp3) is 0. The normalized spacial score (nSPS) is 10.1. The largest absolute Gasteiger partial charge is 0.399 e. The van der Waals surface area contributed by atoms with Gasteiger partial charge in [-0.25, -0.2) is 0 Å². The lowest BCUT2D eigenvalue weighted by Gasteiger charge is -2.02. The monoisotopic (exact) mass is 295 g/mol. The summed E-state index contributed by atoms with van der Waals surface area (Å²) >= 11 is 2.31. The number of nitrogen functional groups attached to an aromatic ring is 1. The van der Waals surface area contributed by atoms with Gasteiger partial charge in [0.1, 0.15) is 0 Å². The molecule has 0 bridgehead atoms. The third-order valence-corrected chi connectivity index (χ3v) is 2.72. The molecule has 2 rings (SSSR count). The molecule has 0 spiro atoms. The minimum absolute atomic E-state index is 0.807. The third kappa shape index (κ3) is 2.07. The predicted octanol–water partition coefficient (Wildman–Crippen LogP) is 3.54. The Kier molecular flexibility index (Phi) is 2.72. The number of rotatable bonds is 1. The van der Waals surface area contributed by atoms with Crippen molar-refractivity contribution in [1.82, 2.24) is 0 Å². The number of hydrogen-bond donors (Lipinski definition) is 1. The van der Waals surface area contributed by atoms with Crippen LogP contribution in [0.1, 0.15) is 0 Å². The first-order valence-electron chi connectivity index (χ1n) is 4.37. The second-order valence-corrected chi connectivity index (χ2v) is 4.38. The van der Waals surface area contributed by atoms with Crippen LogP contribution in [0.25, 0.3) is 11.1 Å². The van der Waals surface area contributed by atoms with E-state index in [1.165, 1.54) is 14.7 Å². The van der Waals surface area contributed by atoms with Crippen molar-refractivity contribution in [3.8, 4) is 11.1 Å². The number of nitrogens with two attached hydrogens (primary N) is 1. The number of anilines is 1. The SMILES string of the molecule is Nc1cccc(-c2cccc(I)c2)c1. The summed E-state index contributed by atoms with van der Waals surface area (Å²) in [5.41, 5.74) is 8.92. The molecule has 0 saturated heterocycles. The molecule has 0 atom stereocenters. The molecule has 0 aliphatic carbocycles. The van der Waals surface area contributed by atoms with Gasteiger partial charge < -0.3 is 5.73 Å². The van der Waals surface area contributed by atoms with E-state index in [9.17, 15) is 0 Å². The molecule has 2 aromatic carbocycles. The van der Waals surface area contributed by atoms with Crippen molar-refractivity contribution < 1.29 is 0 Å². The van der Waals surface area contributed by atoms with Gasteiger partial charge in [0, 0.05) is 9.26 Å². The third-order valence-electron chi connectivity index (χ3n) is 2.04. The Bertz CT molecular complexity index is 408. The molecule has 70 valence electrons. The van der Waals surface area contributed by atoms with Gasteiger partial charge in [0.25, 0.3) is 0 Å². The lowest BCUT2D eigenvalue weighted by molar-refractivity contribution is 1.59. The molecule has 0 fully saturated rings. The van der Waals surface area contributed by atoms with Gasteiger partial charge in [0.15, 0.2) is 0 Å². The van der Waals surface area contributed by atoms with Crippen LogP contribution in [0.5, 0.6) is 0 Å². The Labute approximate surface area is 97.1 Å². The minimum Gasteiger partial charge on any atom is -0.399 e. The van der Waals surface area contributed by atoms with Crippen molar-refractivity contribution in [2.75, 3.05) is 5.73 Å². The van der Waals surface area contributed by atoms with Crippen molar-refractivity contribution in [2.24, 2.45) is 0 Å². The second kappa shape index (κ2) is 4.00. The summed E-state index contributed by atoms with van der Waals surface area (Å²) in [6, 6.07) is 16.3. The Hall–Kier alpha value is -1.03. The van der Waals surface area contributed by atoms with Crippen LogP contribution in [-0.2, 0) is 0 Å². The lowest BCUT2D eigenvalue weighted by Crippen LogP contribution is -1.85. The van der Waals surface area contributed by atoms with Gasteiger partial charge in [0.2, 0.25) is 0 Å². The quantitative estimate of drug-likeness (QED) is 0.632. The zero-order valence-electron chi connectivity index (χ0n) is 7.57. The summed E-state index contributed by atoms with van der Waals surface area (Å²) in [6.45, 7) is 0. The predicted molar refractivity (Wildman–Crippen MR) is 69.0 cm³/mol.